The van der Waals surface area contributed by atoms with Crippen molar-refractivity contribution in [1.29, 1.82) is 0 Å². The molecule has 0 saturated carbocycles. The lowest BCUT2D eigenvalue weighted by Gasteiger charge is -2.08. The van der Waals surface area contributed by atoms with Crippen molar-refractivity contribution < 1.29 is 9.53 Å². The van der Waals surface area contributed by atoms with Crippen LogP contribution >= 0.6 is 0 Å². The van der Waals surface area contributed by atoms with Gasteiger partial charge in [-0.25, -0.2) is 0 Å². The van der Waals surface area contributed by atoms with E-state index in [4.69, 9.17) is 4.74 Å². The smallest absolute Gasteiger partial charge is 0.213 e. The Hall–Kier alpha value is -2.29. The molecule has 0 fully saturated rings. The molecule has 3 heteroatoms. The van der Waals surface area contributed by atoms with Gasteiger partial charge in [0, 0.05) is 24.7 Å². The summed E-state index contributed by atoms with van der Waals surface area (Å²) in [7, 11) is 1.93. The van der Waals surface area contributed by atoms with E-state index in [0.717, 1.165) is 28.9 Å². The molecule has 20 heavy (non-hydrogen) atoms. The normalized spacial score (nSPS) is 13.2. The fourth-order valence-electron chi connectivity index (χ4n) is 2.70. The predicted octanol–water partition coefficient (Wildman–Crippen LogP) is 3.19. The van der Waals surface area contributed by atoms with Gasteiger partial charge < -0.3 is 9.30 Å². The van der Waals surface area contributed by atoms with Crippen LogP contribution in [0.1, 0.15) is 32.9 Å². The second kappa shape index (κ2) is 4.67. The van der Waals surface area contributed by atoms with Crippen LogP contribution in [0, 0.1) is 6.92 Å². The van der Waals surface area contributed by atoms with Crippen molar-refractivity contribution >= 4 is 5.78 Å². The van der Waals surface area contributed by atoms with Crippen LogP contribution < -0.4 is 4.74 Å². The first-order valence-corrected chi connectivity index (χ1v) is 6.68. The number of ether oxygens (including phenoxy) is 1. The van der Waals surface area contributed by atoms with Crippen molar-refractivity contribution in [3.8, 4) is 5.75 Å². The Bertz CT molecular complexity index is 710. The Labute approximate surface area is 118 Å². The number of hydrogen-bond acceptors (Lipinski definition) is 2. The molecule has 0 atom stereocenters. The van der Waals surface area contributed by atoms with Crippen LogP contribution in [0.3, 0.4) is 0 Å². The molecule has 0 unspecified atom stereocenters. The summed E-state index contributed by atoms with van der Waals surface area (Å²) in [5, 5.41) is 0. The summed E-state index contributed by atoms with van der Waals surface area (Å²) in [5.41, 5.74) is 4.49. The number of nitrogens with zero attached hydrogens (tertiary/aromatic N) is 1. The van der Waals surface area contributed by atoms with Crippen LogP contribution in [0.2, 0.25) is 0 Å². The molecule has 0 amide bonds. The number of aryl methyl sites for hydroxylation is 1. The lowest BCUT2D eigenvalue weighted by molar-refractivity contribution is 0.103. The van der Waals surface area contributed by atoms with Crippen LogP contribution in [-0.4, -0.2) is 10.4 Å². The van der Waals surface area contributed by atoms with E-state index >= 15 is 0 Å². The highest BCUT2D eigenvalue weighted by atomic mass is 16.5. The third-order valence-corrected chi connectivity index (χ3v) is 3.74. The first-order valence-electron chi connectivity index (χ1n) is 6.68. The number of fused-ring (bicyclic) bond motifs is 2. The van der Waals surface area contributed by atoms with Crippen LogP contribution in [0.15, 0.2) is 36.9 Å². The van der Waals surface area contributed by atoms with E-state index in [0.29, 0.717) is 17.9 Å². The number of benzene rings is 1. The minimum absolute atomic E-state index is 0.0327. The second-order valence-electron chi connectivity index (χ2n) is 5.18. The molecule has 1 aliphatic rings. The van der Waals surface area contributed by atoms with Gasteiger partial charge in [-0.3, -0.25) is 4.79 Å². The predicted molar refractivity (Wildman–Crippen MR) is 78.3 cm³/mol. The summed E-state index contributed by atoms with van der Waals surface area (Å²) < 4.78 is 7.77. The van der Waals surface area contributed by atoms with Crippen LogP contribution in [0.5, 0.6) is 5.75 Å². The standard InChI is InChI=1S/C17H17NO2/c1-4-5-13-9-12-10-20-15-8-11(2)6-7-14(15)17(19)16(12)18(13)3/h4,6-9H,1,5,10H2,2-3H3. The third-order valence-electron chi connectivity index (χ3n) is 3.74. The Kier molecular flexibility index (Phi) is 2.97. The average Bonchev–Trinajstić information content (AvgIpc) is 2.65. The van der Waals surface area contributed by atoms with Gasteiger partial charge in [0.1, 0.15) is 12.4 Å². The second-order valence-corrected chi connectivity index (χ2v) is 5.18. The molecule has 1 aromatic heterocycles. The molecular weight excluding hydrogens is 250 g/mol. The summed E-state index contributed by atoms with van der Waals surface area (Å²) >= 11 is 0. The van der Waals surface area contributed by atoms with Gasteiger partial charge in [-0.2, -0.15) is 0 Å². The van der Waals surface area contributed by atoms with E-state index in [9.17, 15) is 4.79 Å². The quantitative estimate of drug-likeness (QED) is 0.782. The van der Waals surface area contributed by atoms with Gasteiger partial charge >= 0.3 is 0 Å². The van der Waals surface area contributed by atoms with E-state index in [1.807, 2.05) is 48.9 Å². The third kappa shape index (κ3) is 1.86. The molecule has 0 saturated heterocycles. The molecule has 0 spiro atoms. The van der Waals surface area contributed by atoms with E-state index in [1.165, 1.54) is 0 Å². The van der Waals surface area contributed by atoms with Crippen molar-refractivity contribution in [2.75, 3.05) is 0 Å². The lowest BCUT2D eigenvalue weighted by Crippen LogP contribution is -2.09. The van der Waals surface area contributed by atoms with E-state index < -0.39 is 0 Å². The van der Waals surface area contributed by atoms with Gasteiger partial charge in [0.2, 0.25) is 5.78 Å². The van der Waals surface area contributed by atoms with Crippen LogP contribution in [0.25, 0.3) is 0 Å². The highest BCUT2D eigenvalue weighted by Gasteiger charge is 2.26. The zero-order valence-electron chi connectivity index (χ0n) is 11.8. The number of carbonyl (C=O) groups excluding carboxylic acids is 1. The van der Waals surface area contributed by atoms with Crippen LogP contribution in [0.4, 0.5) is 0 Å². The summed E-state index contributed by atoms with van der Waals surface area (Å²) in [6, 6.07) is 7.75. The maximum Gasteiger partial charge on any atom is 0.213 e. The molecule has 0 aliphatic carbocycles. The molecule has 0 N–H and O–H groups in total. The topological polar surface area (TPSA) is 31.2 Å². The first-order chi connectivity index (χ1) is 9.61. The summed E-state index contributed by atoms with van der Waals surface area (Å²) in [6.07, 6.45) is 2.59. The molecule has 102 valence electrons. The molecule has 1 aromatic carbocycles. The molecular formula is C17H17NO2. The largest absolute Gasteiger partial charge is 0.488 e. The summed E-state index contributed by atoms with van der Waals surface area (Å²) in [4.78, 5) is 12.8. The fraction of sp³-hybridized carbons (Fsp3) is 0.235. The van der Waals surface area contributed by atoms with Crippen molar-refractivity contribution in [2.24, 2.45) is 7.05 Å². The number of allylic oxidation sites excluding steroid dienone is 1. The monoisotopic (exact) mass is 267 g/mol. The van der Waals surface area contributed by atoms with Crippen molar-refractivity contribution in [1.82, 2.24) is 4.57 Å². The number of carbonyl (C=O) groups is 1. The minimum atomic E-state index is 0.0327. The number of aromatic nitrogens is 1. The number of hydrogen-bond donors (Lipinski definition) is 0. The highest BCUT2D eigenvalue weighted by Crippen LogP contribution is 2.30. The lowest BCUT2D eigenvalue weighted by atomic mass is 10.0. The summed E-state index contributed by atoms with van der Waals surface area (Å²) in [5.74, 6) is 0.710. The highest BCUT2D eigenvalue weighted by molar-refractivity contribution is 6.11. The van der Waals surface area contributed by atoms with Gasteiger partial charge in [-0.15, -0.1) is 6.58 Å². The molecule has 2 aromatic rings. The molecule has 1 aliphatic heterocycles. The molecule has 3 rings (SSSR count). The SMILES string of the molecule is C=CCc1cc2c(n1C)C(=O)c1ccc(C)cc1OC2. The van der Waals surface area contributed by atoms with Crippen molar-refractivity contribution in [2.45, 2.75) is 20.0 Å². The maximum atomic E-state index is 12.8. The number of ketones is 1. The van der Waals surface area contributed by atoms with Crippen molar-refractivity contribution in [3.63, 3.8) is 0 Å². The molecule has 0 radical (unpaired) electrons. The van der Waals surface area contributed by atoms with Gasteiger partial charge in [0.25, 0.3) is 0 Å². The van der Waals surface area contributed by atoms with Crippen molar-refractivity contribution in [3.05, 3.63) is 65.0 Å². The van der Waals surface area contributed by atoms with Gasteiger partial charge in [-0.1, -0.05) is 12.1 Å². The van der Waals surface area contributed by atoms with Gasteiger partial charge in [0.05, 0.1) is 11.3 Å². The molecule has 2 heterocycles. The Balaban J connectivity index is 2.15. The molecule has 0 bridgehead atoms. The van der Waals surface area contributed by atoms with E-state index in [1.54, 1.807) is 0 Å². The zero-order valence-corrected chi connectivity index (χ0v) is 11.8. The maximum absolute atomic E-state index is 12.8. The van der Waals surface area contributed by atoms with Gasteiger partial charge in [0.15, 0.2) is 0 Å². The van der Waals surface area contributed by atoms with E-state index in [-0.39, 0.29) is 5.78 Å². The molecule has 3 nitrogen and oxygen atoms in total. The number of rotatable bonds is 2. The Morgan fingerprint density at radius 2 is 2.20 bits per heavy atom. The zero-order chi connectivity index (χ0) is 14.3. The Morgan fingerprint density at radius 1 is 1.40 bits per heavy atom. The fourth-order valence-corrected chi connectivity index (χ4v) is 2.70. The first kappa shape index (κ1) is 12.7. The minimum Gasteiger partial charge on any atom is -0.488 e. The summed E-state index contributed by atoms with van der Waals surface area (Å²) in [6.45, 7) is 6.18. The van der Waals surface area contributed by atoms with Gasteiger partial charge in [-0.05, 0) is 30.7 Å². The average molecular weight is 267 g/mol. The Morgan fingerprint density at radius 3 is 2.95 bits per heavy atom. The van der Waals surface area contributed by atoms with Crippen LogP contribution in [-0.2, 0) is 20.1 Å². The van der Waals surface area contributed by atoms with E-state index in [2.05, 4.69) is 6.58 Å².